The van der Waals surface area contributed by atoms with Gasteiger partial charge in [-0.15, -0.1) is 0 Å². The molecule has 0 heterocycles. The molecule has 1 aromatic rings. The van der Waals surface area contributed by atoms with E-state index in [-0.39, 0.29) is 6.04 Å². The minimum absolute atomic E-state index is 0.156. The van der Waals surface area contributed by atoms with Crippen LogP contribution in [0.3, 0.4) is 0 Å². The molecule has 4 heteroatoms. The Kier molecular flexibility index (Phi) is 5.88. The molecule has 0 aromatic heterocycles. The molecule has 0 bridgehead atoms. The predicted molar refractivity (Wildman–Crippen MR) is 85.3 cm³/mol. The molecule has 1 aromatic carbocycles. The molecule has 1 aliphatic carbocycles. The van der Waals surface area contributed by atoms with Crippen LogP contribution in [0.2, 0.25) is 0 Å². The maximum Gasteiger partial charge on any atom is 0.122 e. The Morgan fingerprint density at radius 3 is 2.38 bits per heavy atom. The topological polar surface area (TPSA) is 56.5 Å². The van der Waals surface area contributed by atoms with Crippen molar-refractivity contribution in [3.8, 4) is 11.5 Å². The van der Waals surface area contributed by atoms with Crippen LogP contribution in [-0.2, 0) is 0 Å². The van der Waals surface area contributed by atoms with Crippen molar-refractivity contribution in [3.05, 3.63) is 23.8 Å². The van der Waals surface area contributed by atoms with Crippen molar-refractivity contribution in [2.45, 2.75) is 45.1 Å². The van der Waals surface area contributed by atoms with E-state index in [1.54, 1.807) is 14.2 Å². The summed E-state index contributed by atoms with van der Waals surface area (Å²) < 4.78 is 10.7. The first-order valence-corrected chi connectivity index (χ1v) is 7.90. The van der Waals surface area contributed by atoms with Gasteiger partial charge in [-0.3, -0.25) is 11.3 Å². The van der Waals surface area contributed by atoms with E-state index in [1.165, 1.54) is 32.1 Å². The summed E-state index contributed by atoms with van der Waals surface area (Å²) in [6.45, 7) is 2.28. The number of nitrogens with two attached hydrogens (primary N) is 1. The van der Waals surface area contributed by atoms with Gasteiger partial charge >= 0.3 is 0 Å². The number of hydrogen-bond acceptors (Lipinski definition) is 4. The second kappa shape index (κ2) is 7.66. The highest BCUT2D eigenvalue weighted by Crippen LogP contribution is 2.39. The Morgan fingerprint density at radius 2 is 1.86 bits per heavy atom. The lowest BCUT2D eigenvalue weighted by Gasteiger charge is -2.34. The highest BCUT2D eigenvalue weighted by molar-refractivity contribution is 5.40. The van der Waals surface area contributed by atoms with Gasteiger partial charge in [0.1, 0.15) is 11.5 Å². The molecule has 0 saturated heterocycles. The summed E-state index contributed by atoms with van der Waals surface area (Å²) in [5.74, 6) is 8.90. The number of nitrogens with one attached hydrogen (secondary N) is 1. The third-order valence-corrected chi connectivity index (χ3v) is 4.78. The molecule has 1 fully saturated rings. The summed E-state index contributed by atoms with van der Waals surface area (Å²) in [7, 11) is 3.36. The van der Waals surface area contributed by atoms with E-state index in [0.717, 1.165) is 23.0 Å². The number of ether oxygens (including phenoxy) is 2. The molecule has 4 nitrogen and oxygen atoms in total. The zero-order chi connectivity index (χ0) is 15.2. The monoisotopic (exact) mass is 292 g/mol. The molecule has 21 heavy (non-hydrogen) atoms. The van der Waals surface area contributed by atoms with Gasteiger partial charge in [0.15, 0.2) is 0 Å². The van der Waals surface area contributed by atoms with Crippen LogP contribution in [0.1, 0.15) is 50.6 Å². The average Bonchev–Trinajstić information content (AvgIpc) is 2.55. The van der Waals surface area contributed by atoms with Gasteiger partial charge in [0.05, 0.1) is 14.2 Å². The Labute approximate surface area is 128 Å². The fourth-order valence-corrected chi connectivity index (χ4v) is 3.52. The van der Waals surface area contributed by atoms with E-state index >= 15 is 0 Å². The Balaban J connectivity index is 2.23. The molecule has 0 amide bonds. The van der Waals surface area contributed by atoms with Crippen LogP contribution in [0.15, 0.2) is 18.2 Å². The van der Waals surface area contributed by atoms with Crippen LogP contribution in [0.5, 0.6) is 11.5 Å². The lowest BCUT2D eigenvalue weighted by atomic mass is 9.75. The fourth-order valence-electron chi connectivity index (χ4n) is 3.52. The molecule has 1 saturated carbocycles. The minimum atomic E-state index is 0.156. The maximum absolute atomic E-state index is 5.87. The van der Waals surface area contributed by atoms with Crippen molar-refractivity contribution in [3.63, 3.8) is 0 Å². The van der Waals surface area contributed by atoms with Gasteiger partial charge in [-0.25, -0.2) is 0 Å². The van der Waals surface area contributed by atoms with Gasteiger partial charge < -0.3 is 9.47 Å². The fraction of sp³-hybridized carbons (Fsp3) is 0.647. The Hall–Kier alpha value is -1.26. The van der Waals surface area contributed by atoms with E-state index in [1.807, 2.05) is 6.07 Å². The summed E-state index contributed by atoms with van der Waals surface area (Å²) in [6, 6.07) is 6.17. The van der Waals surface area contributed by atoms with Crippen molar-refractivity contribution in [1.82, 2.24) is 5.43 Å². The first kappa shape index (κ1) is 16.1. The van der Waals surface area contributed by atoms with Crippen LogP contribution < -0.4 is 20.7 Å². The Bertz CT molecular complexity index is 428. The molecule has 2 rings (SSSR count). The van der Waals surface area contributed by atoms with Crippen molar-refractivity contribution in [2.24, 2.45) is 17.7 Å². The highest BCUT2D eigenvalue weighted by atomic mass is 16.5. The van der Waals surface area contributed by atoms with Crippen molar-refractivity contribution in [2.75, 3.05) is 14.2 Å². The molecular weight excluding hydrogens is 264 g/mol. The van der Waals surface area contributed by atoms with Gasteiger partial charge in [-0.1, -0.05) is 26.2 Å². The molecule has 1 aliphatic rings. The summed E-state index contributed by atoms with van der Waals surface area (Å²) >= 11 is 0. The van der Waals surface area contributed by atoms with Crippen LogP contribution >= 0.6 is 0 Å². The van der Waals surface area contributed by atoms with E-state index in [2.05, 4.69) is 24.5 Å². The largest absolute Gasteiger partial charge is 0.497 e. The first-order valence-electron chi connectivity index (χ1n) is 7.90. The number of methoxy groups -OCH3 is 2. The van der Waals surface area contributed by atoms with Crippen LogP contribution in [0, 0.1) is 11.8 Å². The number of hydrogen-bond donors (Lipinski definition) is 2. The second-order valence-corrected chi connectivity index (χ2v) is 5.99. The van der Waals surface area contributed by atoms with E-state index < -0.39 is 0 Å². The minimum Gasteiger partial charge on any atom is -0.497 e. The van der Waals surface area contributed by atoms with Gasteiger partial charge in [0.2, 0.25) is 0 Å². The Morgan fingerprint density at radius 1 is 1.19 bits per heavy atom. The predicted octanol–water partition coefficient (Wildman–Crippen LogP) is 3.42. The van der Waals surface area contributed by atoms with Crippen molar-refractivity contribution in [1.29, 1.82) is 0 Å². The molecule has 0 spiro atoms. The van der Waals surface area contributed by atoms with Crippen LogP contribution in [0.25, 0.3) is 0 Å². The summed E-state index contributed by atoms with van der Waals surface area (Å²) in [6.07, 6.45) is 6.37. The molecule has 3 N–H and O–H groups in total. The lowest BCUT2D eigenvalue weighted by molar-refractivity contribution is 0.209. The quantitative estimate of drug-likeness (QED) is 0.623. The van der Waals surface area contributed by atoms with Crippen molar-refractivity contribution < 1.29 is 9.47 Å². The third-order valence-electron chi connectivity index (χ3n) is 4.78. The van der Waals surface area contributed by atoms with E-state index in [9.17, 15) is 0 Å². The van der Waals surface area contributed by atoms with Gasteiger partial charge in [0, 0.05) is 12.1 Å². The summed E-state index contributed by atoms with van der Waals surface area (Å²) in [5, 5.41) is 0. The normalized spacial score (nSPS) is 23.6. The standard InChI is InChI=1S/C17H28N2O2/c1-4-12-6-5-7-13(8-12)17(19-18)14-9-15(20-2)11-16(10-14)21-3/h9-13,17,19H,4-8,18H2,1-3H3. The average molecular weight is 292 g/mol. The maximum atomic E-state index is 5.87. The highest BCUT2D eigenvalue weighted by Gasteiger charge is 2.28. The first-order chi connectivity index (χ1) is 10.2. The van der Waals surface area contributed by atoms with Gasteiger partial charge in [0.25, 0.3) is 0 Å². The zero-order valence-corrected chi connectivity index (χ0v) is 13.4. The third kappa shape index (κ3) is 3.89. The van der Waals surface area contributed by atoms with Crippen LogP contribution in [-0.4, -0.2) is 14.2 Å². The summed E-state index contributed by atoms with van der Waals surface area (Å²) in [5.41, 5.74) is 4.17. The molecule has 0 radical (unpaired) electrons. The zero-order valence-electron chi connectivity index (χ0n) is 13.4. The smallest absolute Gasteiger partial charge is 0.122 e. The van der Waals surface area contributed by atoms with Crippen LogP contribution in [0.4, 0.5) is 0 Å². The number of hydrazine groups is 1. The van der Waals surface area contributed by atoms with Crippen molar-refractivity contribution >= 4 is 0 Å². The number of benzene rings is 1. The molecule has 118 valence electrons. The molecule has 3 unspecified atom stereocenters. The summed E-state index contributed by atoms with van der Waals surface area (Å²) in [4.78, 5) is 0. The van der Waals surface area contributed by atoms with Gasteiger partial charge in [-0.05, 0) is 42.4 Å². The number of rotatable bonds is 6. The lowest BCUT2D eigenvalue weighted by Crippen LogP contribution is -2.35. The van der Waals surface area contributed by atoms with Gasteiger partial charge in [-0.2, -0.15) is 0 Å². The van der Waals surface area contributed by atoms with E-state index in [4.69, 9.17) is 15.3 Å². The molecule has 3 atom stereocenters. The second-order valence-electron chi connectivity index (χ2n) is 5.99. The van der Waals surface area contributed by atoms with E-state index in [0.29, 0.717) is 5.92 Å². The molecule has 0 aliphatic heterocycles. The molecular formula is C17H28N2O2. The SMILES string of the molecule is CCC1CCCC(C(NN)c2cc(OC)cc(OC)c2)C1.